The maximum absolute atomic E-state index is 12.0. The van der Waals surface area contributed by atoms with Gasteiger partial charge in [-0.15, -0.1) is 0 Å². The van der Waals surface area contributed by atoms with Crippen molar-refractivity contribution < 1.29 is 14.3 Å². The van der Waals surface area contributed by atoms with E-state index < -0.39 is 0 Å². The highest BCUT2D eigenvalue weighted by molar-refractivity contribution is 9.10. The van der Waals surface area contributed by atoms with E-state index in [-0.39, 0.29) is 23.8 Å². The molecular weight excluding hydrogens is 374 g/mol. The predicted octanol–water partition coefficient (Wildman–Crippen LogP) is 1.31. The monoisotopic (exact) mass is 397 g/mol. The van der Waals surface area contributed by atoms with Crippen LogP contribution in [0, 0.1) is 5.41 Å². The molecule has 0 bridgehead atoms. The van der Waals surface area contributed by atoms with Crippen LogP contribution < -0.4 is 16.0 Å². The van der Waals surface area contributed by atoms with Gasteiger partial charge >= 0.3 is 0 Å². The summed E-state index contributed by atoms with van der Waals surface area (Å²) in [7, 11) is 1.68. The fraction of sp³-hybridized carbons (Fsp3) is 0.529. The average Bonchev–Trinajstić information content (AvgIpc) is 2.59. The van der Waals surface area contributed by atoms with Crippen LogP contribution in [0.3, 0.4) is 0 Å². The van der Waals surface area contributed by atoms with Crippen LogP contribution in [0.2, 0.25) is 0 Å². The van der Waals surface area contributed by atoms with E-state index in [1.165, 1.54) is 0 Å². The highest BCUT2D eigenvalue weighted by Crippen LogP contribution is 2.28. The first-order valence-corrected chi connectivity index (χ1v) is 8.84. The first-order chi connectivity index (χ1) is 11.5. The minimum absolute atomic E-state index is 0.0238. The van der Waals surface area contributed by atoms with Crippen molar-refractivity contribution in [3.05, 3.63) is 34.3 Å². The first-order valence-electron chi connectivity index (χ1n) is 8.05. The Balaban J connectivity index is 1.79. The van der Waals surface area contributed by atoms with Crippen molar-refractivity contribution in [3.8, 4) is 0 Å². The molecule has 0 radical (unpaired) electrons. The topological polar surface area (TPSA) is 79.5 Å². The number of carbonyl (C=O) groups is 2. The minimum atomic E-state index is -0.264. The molecule has 132 valence electrons. The maximum atomic E-state index is 12.0. The predicted molar refractivity (Wildman–Crippen MR) is 95.9 cm³/mol. The molecule has 3 N–H and O–H groups in total. The van der Waals surface area contributed by atoms with E-state index in [2.05, 4.69) is 31.9 Å². The molecule has 24 heavy (non-hydrogen) atoms. The molecule has 1 aromatic rings. The van der Waals surface area contributed by atoms with E-state index in [1.54, 1.807) is 25.3 Å². The molecule has 0 aliphatic carbocycles. The lowest BCUT2D eigenvalue weighted by atomic mass is 9.79. The number of hydrogen-bond acceptors (Lipinski definition) is 4. The van der Waals surface area contributed by atoms with E-state index in [0.717, 1.165) is 30.4 Å². The second-order valence-corrected chi connectivity index (χ2v) is 7.07. The Hall–Kier alpha value is -1.44. The van der Waals surface area contributed by atoms with Crippen LogP contribution in [0.25, 0.3) is 0 Å². The lowest BCUT2D eigenvalue weighted by Crippen LogP contribution is -2.48. The van der Waals surface area contributed by atoms with Gasteiger partial charge in [0.15, 0.2) is 0 Å². The highest BCUT2D eigenvalue weighted by Gasteiger charge is 2.32. The van der Waals surface area contributed by atoms with Gasteiger partial charge in [-0.3, -0.25) is 9.59 Å². The summed E-state index contributed by atoms with van der Waals surface area (Å²) in [6.07, 6.45) is 1.93. The summed E-state index contributed by atoms with van der Waals surface area (Å²) in [5, 5.41) is 8.89. The van der Waals surface area contributed by atoms with Gasteiger partial charge in [0.2, 0.25) is 5.91 Å². The molecule has 2 rings (SSSR count). The van der Waals surface area contributed by atoms with Crippen LogP contribution in [0.1, 0.15) is 23.2 Å². The maximum Gasteiger partial charge on any atom is 0.251 e. The van der Waals surface area contributed by atoms with Gasteiger partial charge in [-0.1, -0.05) is 22.0 Å². The molecule has 6 nitrogen and oxygen atoms in total. The van der Waals surface area contributed by atoms with Crippen LogP contribution >= 0.6 is 15.9 Å². The Labute approximate surface area is 150 Å². The molecular formula is C17H24BrN3O3. The molecule has 0 saturated carbocycles. The summed E-state index contributed by atoms with van der Waals surface area (Å²) >= 11 is 3.32. The molecule has 1 aliphatic heterocycles. The Morgan fingerprint density at radius 1 is 1.29 bits per heavy atom. The van der Waals surface area contributed by atoms with Crippen molar-refractivity contribution in [1.29, 1.82) is 0 Å². The number of halogens is 1. The van der Waals surface area contributed by atoms with Crippen LogP contribution in [-0.4, -0.2) is 51.7 Å². The van der Waals surface area contributed by atoms with Crippen molar-refractivity contribution in [2.24, 2.45) is 5.41 Å². The summed E-state index contributed by atoms with van der Waals surface area (Å²) in [6.45, 7) is 3.01. The normalized spacial score (nSPS) is 16.4. The number of piperidine rings is 1. The fourth-order valence-electron chi connectivity index (χ4n) is 2.88. The zero-order valence-electron chi connectivity index (χ0n) is 13.9. The van der Waals surface area contributed by atoms with Gasteiger partial charge < -0.3 is 20.7 Å². The summed E-state index contributed by atoms with van der Waals surface area (Å²) in [6, 6.07) is 7.05. The molecule has 0 unspecified atom stereocenters. The van der Waals surface area contributed by atoms with Gasteiger partial charge in [-0.2, -0.15) is 0 Å². The number of hydrogen-bond donors (Lipinski definition) is 3. The van der Waals surface area contributed by atoms with Crippen LogP contribution in [0.5, 0.6) is 0 Å². The van der Waals surface area contributed by atoms with Gasteiger partial charge in [0, 0.05) is 29.1 Å². The third-order valence-electron chi connectivity index (χ3n) is 4.27. The van der Waals surface area contributed by atoms with Crippen LogP contribution in [-0.2, 0) is 9.53 Å². The van der Waals surface area contributed by atoms with Gasteiger partial charge in [0.25, 0.3) is 5.91 Å². The lowest BCUT2D eigenvalue weighted by Gasteiger charge is -2.37. The largest absolute Gasteiger partial charge is 0.384 e. The van der Waals surface area contributed by atoms with Crippen LogP contribution in [0.15, 0.2) is 28.7 Å². The number of benzene rings is 1. The van der Waals surface area contributed by atoms with E-state index in [1.807, 2.05) is 6.07 Å². The molecule has 1 aliphatic rings. The van der Waals surface area contributed by atoms with E-state index in [0.29, 0.717) is 18.7 Å². The molecule has 0 spiro atoms. The number of carbonyl (C=O) groups excluding carboxylic acids is 2. The van der Waals surface area contributed by atoms with Crippen molar-refractivity contribution in [1.82, 2.24) is 16.0 Å². The second-order valence-electron chi connectivity index (χ2n) is 6.15. The van der Waals surface area contributed by atoms with Gasteiger partial charge in [-0.05, 0) is 44.1 Å². The van der Waals surface area contributed by atoms with Gasteiger partial charge in [-0.25, -0.2) is 0 Å². The smallest absolute Gasteiger partial charge is 0.251 e. The standard InChI is InChI=1S/C17H24BrN3O3/c1-24-12-17(5-7-19-8-6-17)11-21-15(22)10-20-16(23)13-3-2-4-14(18)9-13/h2-4,9,19H,5-8,10-12H2,1H3,(H,20,23)(H,21,22). The Kier molecular flexibility index (Phi) is 7.20. The molecule has 2 amide bonds. The van der Waals surface area contributed by atoms with E-state index in [4.69, 9.17) is 4.74 Å². The molecule has 0 atom stereocenters. The summed E-state index contributed by atoms with van der Waals surface area (Å²) in [4.78, 5) is 24.1. The number of amides is 2. The molecule has 7 heteroatoms. The van der Waals surface area contributed by atoms with Crippen molar-refractivity contribution >= 4 is 27.7 Å². The lowest BCUT2D eigenvalue weighted by molar-refractivity contribution is -0.121. The number of nitrogens with one attached hydrogen (secondary N) is 3. The number of rotatable bonds is 7. The SMILES string of the molecule is COCC1(CNC(=O)CNC(=O)c2cccc(Br)c2)CCNCC1. The van der Waals surface area contributed by atoms with Crippen molar-refractivity contribution in [3.63, 3.8) is 0 Å². The van der Waals surface area contributed by atoms with Crippen LogP contribution in [0.4, 0.5) is 0 Å². The van der Waals surface area contributed by atoms with Gasteiger partial charge in [0.1, 0.15) is 0 Å². The molecule has 1 heterocycles. The zero-order valence-corrected chi connectivity index (χ0v) is 15.4. The van der Waals surface area contributed by atoms with E-state index in [9.17, 15) is 9.59 Å². The summed E-state index contributed by atoms with van der Waals surface area (Å²) < 4.78 is 6.16. The van der Waals surface area contributed by atoms with Crippen molar-refractivity contribution in [2.45, 2.75) is 12.8 Å². The van der Waals surface area contributed by atoms with Gasteiger partial charge in [0.05, 0.1) is 13.2 Å². The zero-order chi connectivity index (χ0) is 17.4. The third-order valence-corrected chi connectivity index (χ3v) is 4.76. The Bertz CT molecular complexity index is 568. The molecule has 1 aromatic carbocycles. The quantitative estimate of drug-likeness (QED) is 0.647. The average molecular weight is 398 g/mol. The van der Waals surface area contributed by atoms with E-state index >= 15 is 0 Å². The summed E-state index contributed by atoms with van der Waals surface area (Å²) in [5.74, 6) is -0.452. The molecule has 0 aromatic heterocycles. The molecule has 1 saturated heterocycles. The summed E-state index contributed by atoms with van der Waals surface area (Å²) in [5.41, 5.74) is 0.496. The molecule has 1 fully saturated rings. The third kappa shape index (κ3) is 5.58. The minimum Gasteiger partial charge on any atom is -0.384 e. The highest BCUT2D eigenvalue weighted by atomic mass is 79.9. The fourth-order valence-corrected chi connectivity index (χ4v) is 3.28. The number of ether oxygens (including phenoxy) is 1. The first kappa shape index (κ1) is 18.9. The Morgan fingerprint density at radius 3 is 2.71 bits per heavy atom. The van der Waals surface area contributed by atoms with Crippen molar-refractivity contribution in [2.75, 3.05) is 39.9 Å². The number of methoxy groups -OCH3 is 1. The Morgan fingerprint density at radius 2 is 2.04 bits per heavy atom. The second kappa shape index (κ2) is 9.15.